The normalized spacial score (nSPS) is 15.6. The molecule has 5 heterocycles. The van der Waals surface area contributed by atoms with E-state index in [0.29, 0.717) is 48.1 Å². The topological polar surface area (TPSA) is 203 Å². The van der Waals surface area contributed by atoms with Crippen molar-refractivity contribution in [2.75, 3.05) is 6.54 Å². The molecular weight excluding hydrogens is 624 g/mol. The number of benzene rings is 1. The summed E-state index contributed by atoms with van der Waals surface area (Å²) >= 11 is 1.59. The maximum absolute atomic E-state index is 13.9. The van der Waals surface area contributed by atoms with Crippen molar-refractivity contribution in [1.82, 2.24) is 34.6 Å². The molecule has 1 aliphatic heterocycles. The molecule has 4 N–H and O–H groups in total. The van der Waals surface area contributed by atoms with Gasteiger partial charge in [-0.15, -0.1) is 21.5 Å². The molecule has 2 atom stereocenters. The maximum atomic E-state index is 13.9. The molecule has 0 bridgehead atoms. The van der Waals surface area contributed by atoms with Gasteiger partial charge in [0.25, 0.3) is 11.8 Å². The van der Waals surface area contributed by atoms with Crippen LogP contribution in [0.15, 0.2) is 83.1 Å². The van der Waals surface area contributed by atoms with Crippen molar-refractivity contribution in [3.63, 3.8) is 0 Å². The number of aliphatic carboxylic acids is 2. The van der Waals surface area contributed by atoms with Crippen LogP contribution in [0.1, 0.15) is 58.3 Å². The first-order valence-electron chi connectivity index (χ1n) is 14.5. The number of nitrogens with two attached hydrogens (primary N) is 1. The van der Waals surface area contributed by atoms with Crippen molar-refractivity contribution in [2.24, 2.45) is 5.73 Å². The summed E-state index contributed by atoms with van der Waals surface area (Å²) in [6, 6.07) is 13.3. The van der Waals surface area contributed by atoms with E-state index in [0.717, 1.165) is 29.1 Å². The molecule has 0 spiro atoms. The third kappa shape index (κ3) is 8.19. The average molecular weight is 657 g/mol. The van der Waals surface area contributed by atoms with Crippen LogP contribution in [-0.2, 0) is 21.5 Å². The van der Waals surface area contributed by atoms with Crippen LogP contribution in [-0.4, -0.2) is 69.2 Å². The molecule has 242 valence electrons. The highest BCUT2D eigenvalue weighted by Crippen LogP contribution is 2.35. The summed E-state index contributed by atoms with van der Waals surface area (Å²) in [7, 11) is 0. The number of likely N-dealkylation sites (tertiary alicyclic amines) is 1. The SMILES string of the molecule is Cc1csc([C@H]2CCCN2C(=O)c2cc(-c3nnc([C@](C)(N)Cc4ccccc4)o3)nc(-n3ccnc3)c2)n1.O=C(O)C=CC(=O)O. The number of imidazole rings is 1. The number of aromatic nitrogens is 6. The number of thiazole rings is 1. The Morgan fingerprint density at radius 1 is 1.11 bits per heavy atom. The summed E-state index contributed by atoms with van der Waals surface area (Å²) in [5.41, 5.74) is 8.61. The fourth-order valence-electron chi connectivity index (χ4n) is 5.03. The fourth-order valence-corrected chi connectivity index (χ4v) is 5.97. The van der Waals surface area contributed by atoms with E-state index in [2.05, 4.69) is 20.2 Å². The third-order valence-electron chi connectivity index (χ3n) is 7.18. The van der Waals surface area contributed by atoms with Crippen LogP contribution in [0.25, 0.3) is 17.4 Å². The molecule has 0 aliphatic carbocycles. The number of amides is 1. The lowest BCUT2D eigenvalue weighted by Gasteiger charge is -2.23. The summed E-state index contributed by atoms with van der Waals surface area (Å²) in [5, 5.41) is 27.1. The van der Waals surface area contributed by atoms with E-state index in [4.69, 9.17) is 25.3 Å². The Bertz CT molecular complexity index is 1870. The Hall–Kier alpha value is -5.54. The molecule has 0 saturated carbocycles. The number of carbonyl (C=O) groups excluding carboxylic acids is 1. The summed E-state index contributed by atoms with van der Waals surface area (Å²) in [6.45, 7) is 4.49. The molecule has 1 amide bonds. The Morgan fingerprint density at radius 2 is 1.85 bits per heavy atom. The van der Waals surface area contributed by atoms with Gasteiger partial charge in [0.05, 0.1) is 11.6 Å². The van der Waals surface area contributed by atoms with Crippen LogP contribution in [0.3, 0.4) is 0 Å². The van der Waals surface area contributed by atoms with Gasteiger partial charge in [-0.1, -0.05) is 30.3 Å². The minimum Gasteiger partial charge on any atom is -0.478 e. The number of carbonyl (C=O) groups is 3. The lowest BCUT2D eigenvalue weighted by molar-refractivity contribution is -0.134. The number of rotatable bonds is 9. The lowest BCUT2D eigenvalue weighted by Crippen LogP contribution is -2.35. The van der Waals surface area contributed by atoms with Crippen molar-refractivity contribution in [3.05, 3.63) is 106 Å². The van der Waals surface area contributed by atoms with Gasteiger partial charge >= 0.3 is 11.9 Å². The Kier molecular flexibility index (Phi) is 9.97. The number of carboxylic acids is 2. The van der Waals surface area contributed by atoms with Crippen LogP contribution < -0.4 is 5.73 Å². The van der Waals surface area contributed by atoms with Crippen molar-refractivity contribution in [1.29, 1.82) is 0 Å². The van der Waals surface area contributed by atoms with Gasteiger partial charge in [-0.25, -0.2) is 24.5 Å². The maximum Gasteiger partial charge on any atom is 0.328 e. The molecular formula is C32H32N8O6S. The number of nitrogens with zero attached hydrogens (tertiary/aromatic N) is 7. The van der Waals surface area contributed by atoms with Crippen LogP contribution in [0.4, 0.5) is 0 Å². The summed E-state index contributed by atoms with van der Waals surface area (Å²) in [6.07, 6.45) is 8.50. The number of hydrogen-bond donors (Lipinski definition) is 3. The second-order valence-corrected chi connectivity index (χ2v) is 11.9. The molecule has 4 aromatic heterocycles. The zero-order chi connectivity index (χ0) is 33.6. The van der Waals surface area contributed by atoms with Gasteiger partial charge in [0.15, 0.2) is 0 Å². The van der Waals surface area contributed by atoms with E-state index in [9.17, 15) is 14.4 Å². The van der Waals surface area contributed by atoms with Crippen LogP contribution in [0, 0.1) is 6.92 Å². The van der Waals surface area contributed by atoms with Crippen LogP contribution in [0.2, 0.25) is 0 Å². The molecule has 5 aromatic rings. The smallest absolute Gasteiger partial charge is 0.328 e. The highest BCUT2D eigenvalue weighted by atomic mass is 32.1. The van der Waals surface area contributed by atoms with Gasteiger partial charge < -0.3 is 25.3 Å². The molecule has 1 saturated heterocycles. The number of pyridine rings is 1. The molecule has 0 radical (unpaired) electrons. The van der Waals surface area contributed by atoms with Gasteiger partial charge in [0.2, 0.25) is 5.89 Å². The van der Waals surface area contributed by atoms with E-state index in [1.165, 1.54) is 0 Å². The Balaban J connectivity index is 0.000000483. The molecule has 14 nitrogen and oxygen atoms in total. The minimum atomic E-state index is -1.26. The quantitative estimate of drug-likeness (QED) is 0.191. The third-order valence-corrected chi connectivity index (χ3v) is 8.24. The van der Waals surface area contributed by atoms with Gasteiger partial charge in [-0.3, -0.25) is 9.36 Å². The molecule has 1 aliphatic rings. The van der Waals surface area contributed by atoms with E-state index in [1.54, 1.807) is 46.8 Å². The first kappa shape index (κ1) is 32.8. The fraction of sp³-hybridized carbons (Fsp3) is 0.250. The second-order valence-electron chi connectivity index (χ2n) is 11.1. The zero-order valence-corrected chi connectivity index (χ0v) is 26.4. The van der Waals surface area contributed by atoms with Gasteiger partial charge in [0, 0.05) is 47.7 Å². The molecule has 15 heteroatoms. The average Bonchev–Trinajstić information content (AvgIpc) is 3.87. The zero-order valence-electron chi connectivity index (χ0n) is 25.6. The van der Waals surface area contributed by atoms with E-state index in [-0.39, 0.29) is 17.8 Å². The highest BCUT2D eigenvalue weighted by molar-refractivity contribution is 7.09. The summed E-state index contributed by atoms with van der Waals surface area (Å²) < 4.78 is 7.81. The van der Waals surface area contributed by atoms with E-state index in [1.807, 2.05) is 54.5 Å². The van der Waals surface area contributed by atoms with Gasteiger partial charge in [-0.05, 0) is 50.8 Å². The standard InChI is InChI=1S/C28H28N8O2S.C4H4O4/c1-18-16-39-25(31-18)22-9-6-11-36(22)26(37)20-13-21(32-23(14-20)35-12-10-30-17-35)24-33-34-27(38-24)28(2,29)15-19-7-4-3-5-8-19;5-3(6)1-2-4(7)8/h3-5,7-8,10,12-14,16-17,22H,6,9,11,15,29H2,1-2H3;1-2H,(H,5,6)(H,7,8)/t22-,28-;/m1./s1. The van der Waals surface area contributed by atoms with Crippen molar-refractivity contribution in [3.8, 4) is 17.4 Å². The first-order valence-corrected chi connectivity index (χ1v) is 15.4. The largest absolute Gasteiger partial charge is 0.478 e. The Labute approximate surface area is 273 Å². The summed E-state index contributed by atoms with van der Waals surface area (Å²) in [4.78, 5) is 48.4. The lowest BCUT2D eigenvalue weighted by atomic mass is 9.94. The van der Waals surface area contributed by atoms with Gasteiger partial charge in [0.1, 0.15) is 22.8 Å². The first-order chi connectivity index (χ1) is 22.5. The number of hydrogen-bond acceptors (Lipinski definition) is 11. The van der Waals surface area contributed by atoms with Gasteiger partial charge in [-0.2, -0.15) is 0 Å². The van der Waals surface area contributed by atoms with Crippen molar-refractivity contribution < 1.29 is 29.0 Å². The molecule has 47 heavy (non-hydrogen) atoms. The van der Waals surface area contributed by atoms with Crippen LogP contribution in [0.5, 0.6) is 0 Å². The highest BCUT2D eigenvalue weighted by Gasteiger charge is 2.34. The predicted molar refractivity (Wildman–Crippen MR) is 171 cm³/mol. The van der Waals surface area contributed by atoms with E-state index < -0.39 is 17.5 Å². The minimum absolute atomic E-state index is 0.0459. The predicted octanol–water partition coefficient (Wildman–Crippen LogP) is 4.19. The molecule has 6 rings (SSSR count). The molecule has 1 aromatic carbocycles. The molecule has 0 unspecified atom stereocenters. The Morgan fingerprint density at radius 3 is 2.49 bits per heavy atom. The van der Waals surface area contributed by atoms with Crippen molar-refractivity contribution >= 4 is 29.2 Å². The summed E-state index contributed by atoms with van der Waals surface area (Å²) in [5.74, 6) is -1.60. The molecule has 1 fully saturated rings. The van der Waals surface area contributed by atoms with Crippen LogP contribution >= 0.6 is 11.3 Å². The number of carboxylic acid groups (broad SMARTS) is 2. The number of aryl methyl sites for hydroxylation is 1. The monoisotopic (exact) mass is 656 g/mol. The second kappa shape index (κ2) is 14.3. The van der Waals surface area contributed by atoms with Crippen molar-refractivity contribution in [2.45, 2.75) is 44.7 Å². The van der Waals surface area contributed by atoms with E-state index >= 15 is 0 Å².